The number of carboxylic acids is 1. The van der Waals surface area contributed by atoms with E-state index in [2.05, 4.69) is 6.58 Å². The molecule has 1 aliphatic carbocycles. The summed E-state index contributed by atoms with van der Waals surface area (Å²) >= 11 is 0. The maximum atomic E-state index is 12.7. The van der Waals surface area contributed by atoms with Crippen molar-refractivity contribution >= 4 is 11.9 Å². The number of allylic oxidation sites excluding steroid dienone is 1. The molecule has 1 aromatic rings. The van der Waals surface area contributed by atoms with Gasteiger partial charge in [-0.15, -0.1) is 0 Å². The Bertz CT molecular complexity index is 610. The summed E-state index contributed by atoms with van der Waals surface area (Å²) in [6.45, 7) is 6.13. The van der Waals surface area contributed by atoms with Crippen LogP contribution in [-0.4, -0.2) is 28.4 Å². The normalized spacial score (nSPS) is 29.6. The Morgan fingerprint density at radius 1 is 1.43 bits per heavy atom. The SMILES string of the molecule is C=C1C[C@@H]2C(=O)N([C@H](C)c3ccccc3)C[C@]2(C(=O)O)C1. The van der Waals surface area contributed by atoms with Crippen LogP contribution in [-0.2, 0) is 9.59 Å². The number of carboxylic acid groups (broad SMARTS) is 1. The Balaban J connectivity index is 1.93. The number of rotatable bonds is 3. The van der Waals surface area contributed by atoms with Crippen LogP contribution in [0.4, 0.5) is 0 Å². The fourth-order valence-electron chi connectivity index (χ4n) is 3.73. The third-order valence-electron chi connectivity index (χ3n) is 4.93. The Labute approximate surface area is 124 Å². The molecule has 2 fully saturated rings. The third kappa shape index (κ3) is 1.97. The van der Waals surface area contributed by atoms with Gasteiger partial charge in [-0.05, 0) is 25.3 Å². The average molecular weight is 285 g/mol. The lowest BCUT2D eigenvalue weighted by Crippen LogP contribution is -2.36. The maximum Gasteiger partial charge on any atom is 0.312 e. The molecule has 1 aromatic carbocycles. The van der Waals surface area contributed by atoms with E-state index in [4.69, 9.17) is 0 Å². The highest BCUT2D eigenvalue weighted by atomic mass is 16.4. The number of benzene rings is 1. The minimum absolute atomic E-state index is 0.0487. The zero-order valence-electron chi connectivity index (χ0n) is 12.1. The second kappa shape index (κ2) is 4.72. The molecular formula is C17H19NO3. The highest BCUT2D eigenvalue weighted by Crippen LogP contribution is 2.53. The number of fused-ring (bicyclic) bond motifs is 1. The first-order chi connectivity index (χ1) is 9.95. The van der Waals surface area contributed by atoms with Crippen LogP contribution in [0.2, 0.25) is 0 Å². The van der Waals surface area contributed by atoms with E-state index in [9.17, 15) is 14.7 Å². The molecule has 3 rings (SSSR count). The van der Waals surface area contributed by atoms with Gasteiger partial charge in [0.15, 0.2) is 0 Å². The molecule has 21 heavy (non-hydrogen) atoms. The number of hydrogen-bond donors (Lipinski definition) is 1. The first kappa shape index (κ1) is 13.9. The molecule has 0 radical (unpaired) electrons. The van der Waals surface area contributed by atoms with E-state index in [0.29, 0.717) is 12.8 Å². The van der Waals surface area contributed by atoms with Crippen molar-refractivity contribution in [2.45, 2.75) is 25.8 Å². The number of likely N-dealkylation sites (tertiary alicyclic amines) is 1. The van der Waals surface area contributed by atoms with Crippen LogP contribution < -0.4 is 0 Å². The molecule has 0 spiro atoms. The Morgan fingerprint density at radius 2 is 2.10 bits per heavy atom. The van der Waals surface area contributed by atoms with Gasteiger partial charge in [0.2, 0.25) is 5.91 Å². The van der Waals surface area contributed by atoms with Crippen molar-refractivity contribution in [3.8, 4) is 0 Å². The molecule has 3 atom stereocenters. The molecule has 4 nitrogen and oxygen atoms in total. The van der Waals surface area contributed by atoms with Crippen molar-refractivity contribution in [3.63, 3.8) is 0 Å². The highest BCUT2D eigenvalue weighted by Gasteiger charge is 2.61. The third-order valence-corrected chi connectivity index (χ3v) is 4.93. The van der Waals surface area contributed by atoms with E-state index in [0.717, 1.165) is 11.1 Å². The van der Waals surface area contributed by atoms with Gasteiger partial charge in [0, 0.05) is 6.54 Å². The molecule has 1 N–H and O–H groups in total. The summed E-state index contributed by atoms with van der Waals surface area (Å²) in [5, 5.41) is 9.66. The Kier molecular flexibility index (Phi) is 3.12. The quantitative estimate of drug-likeness (QED) is 0.869. The topological polar surface area (TPSA) is 57.6 Å². The first-order valence-corrected chi connectivity index (χ1v) is 7.21. The van der Waals surface area contributed by atoms with Crippen molar-refractivity contribution < 1.29 is 14.7 Å². The van der Waals surface area contributed by atoms with Gasteiger partial charge in [-0.25, -0.2) is 0 Å². The van der Waals surface area contributed by atoms with Crippen molar-refractivity contribution in [3.05, 3.63) is 48.0 Å². The number of carbonyl (C=O) groups is 2. The Morgan fingerprint density at radius 3 is 2.67 bits per heavy atom. The summed E-state index contributed by atoms with van der Waals surface area (Å²) in [5.41, 5.74) is 0.935. The van der Waals surface area contributed by atoms with E-state index < -0.39 is 17.3 Å². The van der Waals surface area contributed by atoms with Gasteiger partial charge in [0.1, 0.15) is 5.41 Å². The average Bonchev–Trinajstić information content (AvgIpc) is 2.94. The number of nitrogens with zero attached hydrogens (tertiary/aromatic N) is 1. The van der Waals surface area contributed by atoms with Crippen LogP contribution in [0.3, 0.4) is 0 Å². The van der Waals surface area contributed by atoms with Crippen LogP contribution >= 0.6 is 0 Å². The first-order valence-electron chi connectivity index (χ1n) is 7.21. The van der Waals surface area contributed by atoms with Crippen molar-refractivity contribution in [2.75, 3.05) is 6.54 Å². The molecule has 0 unspecified atom stereocenters. The van der Waals surface area contributed by atoms with Crippen molar-refractivity contribution in [1.82, 2.24) is 4.90 Å². The molecule has 1 heterocycles. The molecule has 1 amide bonds. The second-order valence-corrected chi connectivity index (χ2v) is 6.20. The lowest BCUT2D eigenvalue weighted by molar-refractivity contribution is -0.150. The number of aliphatic carboxylic acids is 1. The minimum atomic E-state index is -0.975. The predicted molar refractivity (Wildman–Crippen MR) is 78.5 cm³/mol. The van der Waals surface area contributed by atoms with Gasteiger partial charge in [-0.2, -0.15) is 0 Å². The molecule has 110 valence electrons. The summed E-state index contributed by atoms with van der Waals surface area (Å²) in [7, 11) is 0. The lowest BCUT2D eigenvalue weighted by atomic mass is 9.80. The van der Waals surface area contributed by atoms with Crippen LogP contribution in [0.15, 0.2) is 42.5 Å². The fraction of sp³-hybridized carbons (Fsp3) is 0.412. The monoisotopic (exact) mass is 285 g/mol. The Hall–Kier alpha value is -2.10. The molecule has 1 saturated carbocycles. The molecule has 0 aromatic heterocycles. The molecule has 1 aliphatic heterocycles. The minimum Gasteiger partial charge on any atom is -0.481 e. The van der Waals surface area contributed by atoms with E-state index in [1.807, 2.05) is 37.3 Å². The fourth-order valence-corrected chi connectivity index (χ4v) is 3.73. The second-order valence-electron chi connectivity index (χ2n) is 6.20. The summed E-state index contributed by atoms with van der Waals surface area (Å²) in [4.78, 5) is 26.2. The standard InChI is InChI=1S/C17H19NO3/c1-11-8-14-15(19)18(10-17(14,9-11)16(20)21)12(2)13-6-4-3-5-7-13/h3-7,12,14H,1,8-10H2,2H3,(H,20,21)/t12-,14-,17-/m1/s1. The van der Waals surface area contributed by atoms with Gasteiger partial charge in [-0.3, -0.25) is 9.59 Å². The largest absolute Gasteiger partial charge is 0.481 e. The van der Waals surface area contributed by atoms with E-state index in [1.54, 1.807) is 4.90 Å². The summed E-state index contributed by atoms with van der Waals surface area (Å²) in [6, 6.07) is 9.63. The summed E-state index contributed by atoms with van der Waals surface area (Å²) < 4.78 is 0. The van der Waals surface area contributed by atoms with Crippen LogP contribution in [0.25, 0.3) is 0 Å². The van der Waals surface area contributed by atoms with Crippen LogP contribution in [0.1, 0.15) is 31.4 Å². The van der Waals surface area contributed by atoms with Gasteiger partial charge in [-0.1, -0.05) is 42.5 Å². The summed E-state index contributed by atoms with van der Waals surface area (Å²) in [5.74, 6) is -1.37. The van der Waals surface area contributed by atoms with E-state index >= 15 is 0 Å². The summed E-state index contributed by atoms with van der Waals surface area (Å²) in [6.07, 6.45) is 0.917. The van der Waals surface area contributed by atoms with E-state index in [-0.39, 0.29) is 18.5 Å². The molecule has 2 aliphatic rings. The van der Waals surface area contributed by atoms with Crippen molar-refractivity contribution in [2.24, 2.45) is 11.3 Å². The van der Waals surface area contributed by atoms with Crippen LogP contribution in [0, 0.1) is 11.3 Å². The molecule has 4 heteroatoms. The predicted octanol–water partition coefficient (Wildman–Crippen LogP) is 2.63. The van der Waals surface area contributed by atoms with Gasteiger partial charge in [0.05, 0.1) is 12.0 Å². The number of hydrogen-bond acceptors (Lipinski definition) is 2. The number of amides is 1. The van der Waals surface area contributed by atoms with Gasteiger partial charge < -0.3 is 10.0 Å². The zero-order chi connectivity index (χ0) is 15.2. The van der Waals surface area contributed by atoms with Gasteiger partial charge >= 0.3 is 5.97 Å². The van der Waals surface area contributed by atoms with E-state index in [1.165, 1.54) is 0 Å². The smallest absolute Gasteiger partial charge is 0.312 e. The van der Waals surface area contributed by atoms with Gasteiger partial charge in [0.25, 0.3) is 0 Å². The highest BCUT2D eigenvalue weighted by molar-refractivity contribution is 5.93. The van der Waals surface area contributed by atoms with Crippen molar-refractivity contribution in [1.29, 1.82) is 0 Å². The number of carbonyl (C=O) groups excluding carboxylic acids is 1. The molecule has 1 saturated heterocycles. The zero-order valence-corrected chi connectivity index (χ0v) is 12.1. The molecule has 0 bridgehead atoms. The maximum absolute atomic E-state index is 12.7. The van der Waals surface area contributed by atoms with Crippen LogP contribution in [0.5, 0.6) is 0 Å². The molecular weight excluding hydrogens is 266 g/mol. The lowest BCUT2D eigenvalue weighted by Gasteiger charge is -2.27.